The zero-order valence-electron chi connectivity index (χ0n) is 11.1. The second-order valence-corrected chi connectivity index (χ2v) is 5.53. The van der Waals surface area contributed by atoms with Gasteiger partial charge in [-0.15, -0.1) is 0 Å². The Balaban J connectivity index is 1.84. The summed E-state index contributed by atoms with van der Waals surface area (Å²) in [6, 6.07) is 8.99. The van der Waals surface area contributed by atoms with Gasteiger partial charge in [0.05, 0.1) is 12.0 Å². The van der Waals surface area contributed by atoms with Gasteiger partial charge in [-0.25, -0.2) is 0 Å². The van der Waals surface area contributed by atoms with Crippen LogP contribution < -0.4 is 0 Å². The number of rotatable bonds is 2. The molecule has 1 amide bonds. The van der Waals surface area contributed by atoms with Crippen LogP contribution >= 0.6 is 0 Å². The van der Waals surface area contributed by atoms with E-state index in [1.807, 2.05) is 18.2 Å². The second kappa shape index (κ2) is 4.90. The number of carboxylic acid groups (broad SMARTS) is 1. The topological polar surface area (TPSA) is 66.8 Å². The Hall–Kier alpha value is -1.88. The quantitative estimate of drug-likeness (QED) is 0.882. The molecule has 1 N–H and O–H groups in total. The van der Waals surface area contributed by atoms with Crippen LogP contribution in [0.1, 0.15) is 16.8 Å². The summed E-state index contributed by atoms with van der Waals surface area (Å²) < 4.78 is 5.39. The SMILES string of the molecule is O=C(c1ccccc1)N1C[C@H]2COCC[C@@]2(C(=O)O)C1. The number of nitrogens with zero attached hydrogens (tertiary/aromatic N) is 1. The van der Waals surface area contributed by atoms with Crippen LogP contribution in [0.4, 0.5) is 0 Å². The first-order valence-corrected chi connectivity index (χ1v) is 6.79. The van der Waals surface area contributed by atoms with Crippen molar-refractivity contribution < 1.29 is 19.4 Å². The molecule has 2 heterocycles. The van der Waals surface area contributed by atoms with Crippen LogP contribution in [-0.4, -0.2) is 48.2 Å². The largest absolute Gasteiger partial charge is 0.481 e. The lowest BCUT2D eigenvalue weighted by Crippen LogP contribution is -2.45. The van der Waals surface area contributed by atoms with Gasteiger partial charge in [-0.3, -0.25) is 9.59 Å². The van der Waals surface area contributed by atoms with Crippen LogP contribution in [0.25, 0.3) is 0 Å². The van der Waals surface area contributed by atoms with E-state index in [0.29, 0.717) is 31.7 Å². The van der Waals surface area contributed by atoms with Crippen LogP contribution in [0.5, 0.6) is 0 Å². The second-order valence-electron chi connectivity index (χ2n) is 5.53. The van der Waals surface area contributed by atoms with E-state index in [0.717, 1.165) is 0 Å². The number of hydrogen-bond acceptors (Lipinski definition) is 3. The van der Waals surface area contributed by atoms with Crippen molar-refractivity contribution in [1.29, 1.82) is 0 Å². The van der Waals surface area contributed by atoms with E-state index in [2.05, 4.69) is 0 Å². The minimum Gasteiger partial charge on any atom is -0.481 e. The third-order valence-corrected chi connectivity index (χ3v) is 4.44. The lowest BCUT2D eigenvalue weighted by Gasteiger charge is -2.33. The average molecular weight is 275 g/mol. The van der Waals surface area contributed by atoms with Crippen LogP contribution in [0.3, 0.4) is 0 Å². The molecule has 2 atom stereocenters. The number of ether oxygens (including phenoxy) is 1. The zero-order chi connectivity index (χ0) is 14.2. The molecule has 0 unspecified atom stereocenters. The van der Waals surface area contributed by atoms with Crippen LogP contribution in [0.2, 0.25) is 0 Å². The zero-order valence-corrected chi connectivity index (χ0v) is 11.1. The predicted molar refractivity (Wildman–Crippen MR) is 71.3 cm³/mol. The van der Waals surface area contributed by atoms with Gasteiger partial charge < -0.3 is 14.7 Å². The molecule has 0 saturated carbocycles. The van der Waals surface area contributed by atoms with Crippen molar-refractivity contribution >= 4 is 11.9 Å². The van der Waals surface area contributed by atoms with Gasteiger partial charge in [0.1, 0.15) is 0 Å². The van der Waals surface area contributed by atoms with Gasteiger partial charge in [0.2, 0.25) is 0 Å². The van der Waals surface area contributed by atoms with Gasteiger partial charge in [0, 0.05) is 31.2 Å². The molecule has 2 saturated heterocycles. The summed E-state index contributed by atoms with van der Waals surface area (Å²) in [5.41, 5.74) is -0.226. The maximum Gasteiger partial charge on any atom is 0.311 e. The van der Waals surface area contributed by atoms with Crippen molar-refractivity contribution in [2.24, 2.45) is 11.3 Å². The number of hydrogen-bond donors (Lipinski definition) is 1. The molecule has 0 bridgehead atoms. The fraction of sp³-hybridized carbons (Fsp3) is 0.467. The molecule has 5 heteroatoms. The normalized spacial score (nSPS) is 29.0. The number of amides is 1. The molecule has 20 heavy (non-hydrogen) atoms. The molecule has 3 rings (SSSR count). The molecule has 1 aromatic carbocycles. The first-order chi connectivity index (χ1) is 9.63. The van der Waals surface area contributed by atoms with Crippen molar-refractivity contribution in [2.75, 3.05) is 26.3 Å². The van der Waals surface area contributed by atoms with E-state index in [-0.39, 0.29) is 18.4 Å². The summed E-state index contributed by atoms with van der Waals surface area (Å²) in [5, 5.41) is 9.58. The van der Waals surface area contributed by atoms with Crippen LogP contribution in [0, 0.1) is 11.3 Å². The molecule has 0 radical (unpaired) electrons. The highest BCUT2D eigenvalue weighted by atomic mass is 16.5. The molecule has 2 aliphatic heterocycles. The Morgan fingerprint density at radius 1 is 1.30 bits per heavy atom. The number of carbonyl (C=O) groups is 2. The van der Waals surface area contributed by atoms with E-state index >= 15 is 0 Å². The van der Waals surface area contributed by atoms with E-state index in [4.69, 9.17) is 4.74 Å². The molecule has 5 nitrogen and oxygen atoms in total. The predicted octanol–water partition coefficient (Wildman–Crippen LogP) is 1.25. The number of aliphatic carboxylic acids is 1. The summed E-state index contributed by atoms with van der Waals surface area (Å²) in [4.78, 5) is 25.8. The van der Waals surface area contributed by atoms with Gasteiger partial charge >= 0.3 is 5.97 Å². The first kappa shape index (κ1) is 13.1. The minimum absolute atomic E-state index is 0.0966. The average Bonchev–Trinajstić information content (AvgIpc) is 2.88. The molecule has 106 valence electrons. The Labute approximate surface area is 117 Å². The Morgan fingerprint density at radius 3 is 2.70 bits per heavy atom. The highest BCUT2D eigenvalue weighted by molar-refractivity contribution is 5.95. The summed E-state index contributed by atoms with van der Waals surface area (Å²) >= 11 is 0. The number of likely N-dealkylation sites (tertiary alicyclic amines) is 1. The van der Waals surface area contributed by atoms with Gasteiger partial charge in [0.25, 0.3) is 5.91 Å². The van der Waals surface area contributed by atoms with Gasteiger partial charge in [-0.2, -0.15) is 0 Å². The van der Waals surface area contributed by atoms with Crippen molar-refractivity contribution in [3.05, 3.63) is 35.9 Å². The minimum atomic E-state index is -0.831. The molecule has 0 aliphatic carbocycles. The Morgan fingerprint density at radius 2 is 2.05 bits per heavy atom. The van der Waals surface area contributed by atoms with E-state index in [1.165, 1.54) is 0 Å². The monoisotopic (exact) mass is 275 g/mol. The number of fused-ring (bicyclic) bond motifs is 1. The summed E-state index contributed by atoms with van der Waals surface area (Å²) in [6.07, 6.45) is 0.478. The molecule has 0 spiro atoms. The lowest BCUT2D eigenvalue weighted by molar-refractivity contribution is -0.157. The van der Waals surface area contributed by atoms with E-state index in [9.17, 15) is 14.7 Å². The molecule has 1 aromatic rings. The molecular formula is C15H17NO4. The van der Waals surface area contributed by atoms with Crippen molar-refractivity contribution in [1.82, 2.24) is 4.90 Å². The lowest BCUT2D eigenvalue weighted by atomic mass is 9.74. The van der Waals surface area contributed by atoms with Crippen LogP contribution in [0.15, 0.2) is 30.3 Å². The first-order valence-electron chi connectivity index (χ1n) is 6.79. The maximum atomic E-state index is 12.4. The Bertz CT molecular complexity index is 530. The highest BCUT2D eigenvalue weighted by Gasteiger charge is 2.54. The summed E-state index contributed by atoms with van der Waals surface area (Å²) in [5.74, 6) is -1.02. The van der Waals surface area contributed by atoms with Gasteiger partial charge in [0.15, 0.2) is 0 Å². The molecular weight excluding hydrogens is 258 g/mol. The van der Waals surface area contributed by atoms with Gasteiger partial charge in [-0.1, -0.05) is 18.2 Å². The third kappa shape index (κ3) is 1.98. The summed E-state index contributed by atoms with van der Waals surface area (Å²) in [6.45, 7) is 1.62. The smallest absolute Gasteiger partial charge is 0.311 e. The van der Waals surface area contributed by atoms with Crippen molar-refractivity contribution in [3.63, 3.8) is 0 Å². The molecule has 2 fully saturated rings. The molecule has 2 aliphatic rings. The summed E-state index contributed by atoms with van der Waals surface area (Å²) in [7, 11) is 0. The molecule has 0 aromatic heterocycles. The maximum absolute atomic E-state index is 12.4. The Kier molecular flexibility index (Phi) is 3.22. The number of carboxylic acids is 1. The fourth-order valence-corrected chi connectivity index (χ4v) is 3.22. The fourth-order valence-electron chi connectivity index (χ4n) is 3.22. The van der Waals surface area contributed by atoms with Crippen LogP contribution in [-0.2, 0) is 9.53 Å². The highest BCUT2D eigenvalue weighted by Crippen LogP contribution is 2.42. The van der Waals surface area contributed by atoms with E-state index in [1.54, 1.807) is 17.0 Å². The number of carbonyl (C=O) groups excluding carboxylic acids is 1. The van der Waals surface area contributed by atoms with E-state index < -0.39 is 11.4 Å². The number of benzene rings is 1. The standard InChI is InChI=1S/C15H17NO4/c17-13(11-4-2-1-3-5-11)16-8-12-9-20-7-6-15(12,10-16)14(18)19/h1-5,12H,6-10H2,(H,18,19)/t12-,15+/m0/s1. The van der Waals surface area contributed by atoms with Crippen molar-refractivity contribution in [3.8, 4) is 0 Å². The van der Waals surface area contributed by atoms with Crippen molar-refractivity contribution in [2.45, 2.75) is 6.42 Å². The van der Waals surface area contributed by atoms with Gasteiger partial charge in [-0.05, 0) is 18.6 Å². The third-order valence-electron chi connectivity index (χ3n) is 4.44.